The molecule has 1 aromatic heterocycles. The lowest BCUT2D eigenvalue weighted by Gasteiger charge is -2.51. The molecule has 0 radical (unpaired) electrons. The predicted octanol–water partition coefficient (Wildman–Crippen LogP) is 4.09. The van der Waals surface area contributed by atoms with Crippen LogP contribution in [-0.2, 0) is 32.1 Å². The summed E-state index contributed by atoms with van der Waals surface area (Å²) in [6, 6.07) is 12.1. The highest BCUT2D eigenvalue weighted by molar-refractivity contribution is 5.93. The van der Waals surface area contributed by atoms with E-state index in [4.69, 9.17) is 4.74 Å². The summed E-state index contributed by atoms with van der Waals surface area (Å²) in [6.07, 6.45) is 3.37. The first-order chi connectivity index (χ1) is 17.7. The van der Waals surface area contributed by atoms with Gasteiger partial charge in [-0.25, -0.2) is 0 Å². The molecule has 2 amide bonds. The van der Waals surface area contributed by atoms with Crippen molar-refractivity contribution < 1.29 is 19.1 Å². The number of ether oxygens (including phenoxy) is 1. The topological polar surface area (TPSA) is 95.6 Å². The van der Waals surface area contributed by atoms with Gasteiger partial charge in [-0.15, -0.1) is 0 Å². The molecule has 1 atom stereocenters. The highest BCUT2D eigenvalue weighted by atomic mass is 16.5. The number of esters is 1. The number of likely N-dealkylation sites (tertiary alicyclic amines) is 1. The number of carbonyl (C=O) groups is 3. The van der Waals surface area contributed by atoms with Crippen LogP contribution in [0.5, 0.6) is 0 Å². The summed E-state index contributed by atoms with van der Waals surface area (Å²) in [4.78, 5) is 42.6. The molecule has 1 aliphatic heterocycles. The second kappa shape index (κ2) is 11.2. The van der Waals surface area contributed by atoms with Crippen LogP contribution < -0.4 is 0 Å². The Labute approximate surface area is 218 Å². The number of aryl methyl sites for hydroxylation is 2. The second-order valence-electron chi connectivity index (χ2n) is 10.2. The van der Waals surface area contributed by atoms with Crippen LogP contribution in [-0.4, -0.2) is 63.0 Å². The molecule has 0 saturated carbocycles. The van der Waals surface area contributed by atoms with Gasteiger partial charge < -0.3 is 14.5 Å². The zero-order valence-corrected chi connectivity index (χ0v) is 22.2. The first-order valence-corrected chi connectivity index (χ1v) is 12.9. The van der Waals surface area contributed by atoms with E-state index in [9.17, 15) is 14.4 Å². The van der Waals surface area contributed by atoms with Crippen LogP contribution in [0.25, 0.3) is 10.9 Å². The van der Waals surface area contributed by atoms with Crippen molar-refractivity contribution in [2.24, 2.45) is 0 Å². The molecule has 1 N–H and O–H groups in total. The molecular weight excluding hydrogens is 468 g/mol. The number of H-pyrrole nitrogens is 1. The summed E-state index contributed by atoms with van der Waals surface area (Å²) >= 11 is 0. The Kier molecular flexibility index (Phi) is 7.95. The number of fused-ring (bicyclic) bond motifs is 1. The number of aromatic nitrogens is 2. The van der Waals surface area contributed by atoms with E-state index in [-0.39, 0.29) is 30.6 Å². The number of rotatable bonds is 10. The van der Waals surface area contributed by atoms with E-state index in [2.05, 4.69) is 16.3 Å². The average molecular weight is 505 g/mol. The molecule has 3 aromatic rings. The SMILES string of the molecule is CCOC(=O)CCCN(Cc1ccc2cn[nH]c2c1)C(=O)C1(C)CCN1C(=O)Cc1cc(C)cc(C)c1. The molecule has 1 aliphatic rings. The van der Waals surface area contributed by atoms with Crippen molar-refractivity contribution in [3.8, 4) is 0 Å². The molecule has 2 aromatic carbocycles. The van der Waals surface area contributed by atoms with Gasteiger partial charge in [-0.1, -0.05) is 41.5 Å². The first-order valence-electron chi connectivity index (χ1n) is 12.9. The number of amides is 2. The number of nitrogens with zero attached hydrogens (tertiary/aromatic N) is 3. The molecule has 37 heavy (non-hydrogen) atoms. The number of hydrogen-bond acceptors (Lipinski definition) is 5. The van der Waals surface area contributed by atoms with E-state index in [1.807, 2.05) is 51.1 Å². The minimum absolute atomic E-state index is 0.0440. The van der Waals surface area contributed by atoms with Gasteiger partial charge in [0.1, 0.15) is 5.54 Å². The van der Waals surface area contributed by atoms with E-state index < -0.39 is 5.54 Å². The molecule has 8 nitrogen and oxygen atoms in total. The number of nitrogens with one attached hydrogen (secondary N) is 1. The molecule has 0 spiro atoms. The van der Waals surface area contributed by atoms with Gasteiger partial charge >= 0.3 is 5.97 Å². The summed E-state index contributed by atoms with van der Waals surface area (Å²) in [5.41, 5.74) is 4.15. The summed E-state index contributed by atoms with van der Waals surface area (Å²) in [6.45, 7) is 9.34. The smallest absolute Gasteiger partial charge is 0.305 e. The number of hydrogen-bond donors (Lipinski definition) is 1. The minimum atomic E-state index is -0.905. The van der Waals surface area contributed by atoms with Crippen molar-refractivity contribution in [1.29, 1.82) is 0 Å². The van der Waals surface area contributed by atoms with Crippen LogP contribution in [0.15, 0.2) is 42.6 Å². The van der Waals surface area contributed by atoms with Crippen LogP contribution in [0.3, 0.4) is 0 Å². The molecule has 1 saturated heterocycles. The monoisotopic (exact) mass is 504 g/mol. The fraction of sp³-hybridized carbons (Fsp3) is 0.448. The Balaban J connectivity index is 1.50. The van der Waals surface area contributed by atoms with Crippen molar-refractivity contribution in [3.05, 3.63) is 64.8 Å². The van der Waals surface area contributed by atoms with Crippen molar-refractivity contribution in [2.75, 3.05) is 19.7 Å². The molecular formula is C29H36N4O4. The van der Waals surface area contributed by atoms with Gasteiger partial charge in [-0.3, -0.25) is 19.5 Å². The van der Waals surface area contributed by atoms with Crippen LogP contribution in [0.4, 0.5) is 0 Å². The minimum Gasteiger partial charge on any atom is -0.466 e. The van der Waals surface area contributed by atoms with E-state index in [0.717, 1.165) is 33.2 Å². The van der Waals surface area contributed by atoms with Crippen LogP contribution >= 0.6 is 0 Å². The second-order valence-corrected chi connectivity index (χ2v) is 10.2. The lowest BCUT2D eigenvalue weighted by Crippen LogP contribution is -2.68. The van der Waals surface area contributed by atoms with Gasteiger partial charge in [0.25, 0.3) is 0 Å². The van der Waals surface area contributed by atoms with Gasteiger partial charge in [0.15, 0.2) is 0 Å². The Morgan fingerprint density at radius 2 is 1.86 bits per heavy atom. The summed E-state index contributed by atoms with van der Waals surface area (Å²) in [5.74, 6) is -0.410. The Morgan fingerprint density at radius 1 is 1.11 bits per heavy atom. The molecule has 1 unspecified atom stereocenters. The number of carbonyl (C=O) groups excluding carboxylic acids is 3. The number of benzene rings is 2. The molecule has 196 valence electrons. The standard InChI is InChI=1S/C29H36N4O4/c1-5-37-27(35)7-6-11-32(19-22-8-9-24-18-30-31-25(24)16-22)28(36)29(4)10-12-33(29)26(34)17-23-14-20(2)13-21(3)15-23/h8-9,13-16,18H,5-7,10-12,17,19H2,1-4H3,(H,30,31). The Morgan fingerprint density at radius 3 is 2.54 bits per heavy atom. The number of aromatic amines is 1. The van der Waals surface area contributed by atoms with E-state index in [0.29, 0.717) is 39.1 Å². The fourth-order valence-corrected chi connectivity index (χ4v) is 5.17. The third-order valence-electron chi connectivity index (χ3n) is 7.10. The molecule has 0 aliphatic carbocycles. The van der Waals surface area contributed by atoms with Crippen molar-refractivity contribution in [3.63, 3.8) is 0 Å². The van der Waals surface area contributed by atoms with Gasteiger partial charge in [0.05, 0.1) is 24.7 Å². The largest absolute Gasteiger partial charge is 0.466 e. The third-order valence-corrected chi connectivity index (χ3v) is 7.10. The Bertz CT molecular complexity index is 1280. The lowest BCUT2D eigenvalue weighted by molar-refractivity contribution is -0.164. The first kappa shape index (κ1) is 26.4. The van der Waals surface area contributed by atoms with Gasteiger partial charge in [-0.2, -0.15) is 5.10 Å². The van der Waals surface area contributed by atoms with Gasteiger partial charge in [0.2, 0.25) is 11.8 Å². The molecule has 1 fully saturated rings. The van der Waals surface area contributed by atoms with Crippen LogP contribution in [0.2, 0.25) is 0 Å². The van der Waals surface area contributed by atoms with E-state index in [1.54, 1.807) is 22.9 Å². The summed E-state index contributed by atoms with van der Waals surface area (Å²) in [5, 5.41) is 8.05. The third kappa shape index (κ3) is 6.01. The quantitative estimate of drug-likeness (QED) is 0.420. The normalized spacial score (nSPS) is 16.9. The maximum atomic E-state index is 13.9. The molecule has 2 heterocycles. The lowest BCUT2D eigenvalue weighted by atomic mass is 9.84. The highest BCUT2D eigenvalue weighted by Crippen LogP contribution is 2.34. The van der Waals surface area contributed by atoms with Gasteiger partial charge in [-0.05, 0) is 57.7 Å². The highest BCUT2D eigenvalue weighted by Gasteiger charge is 2.50. The zero-order valence-electron chi connectivity index (χ0n) is 22.2. The van der Waals surface area contributed by atoms with Crippen molar-refractivity contribution in [2.45, 2.75) is 65.5 Å². The maximum Gasteiger partial charge on any atom is 0.305 e. The Hall–Kier alpha value is -3.68. The average Bonchev–Trinajstić information content (AvgIpc) is 3.29. The molecule has 8 heteroatoms. The van der Waals surface area contributed by atoms with Crippen LogP contribution in [0, 0.1) is 13.8 Å². The van der Waals surface area contributed by atoms with Crippen LogP contribution in [0.1, 0.15) is 55.4 Å². The summed E-state index contributed by atoms with van der Waals surface area (Å²) < 4.78 is 5.06. The van der Waals surface area contributed by atoms with Crippen molar-refractivity contribution >= 4 is 28.7 Å². The summed E-state index contributed by atoms with van der Waals surface area (Å²) in [7, 11) is 0. The van der Waals surface area contributed by atoms with Gasteiger partial charge in [0, 0.05) is 31.4 Å². The van der Waals surface area contributed by atoms with Crippen molar-refractivity contribution in [1.82, 2.24) is 20.0 Å². The zero-order chi connectivity index (χ0) is 26.6. The predicted molar refractivity (Wildman–Crippen MR) is 142 cm³/mol. The fourth-order valence-electron chi connectivity index (χ4n) is 5.17. The molecule has 0 bridgehead atoms. The van der Waals surface area contributed by atoms with E-state index in [1.165, 1.54) is 0 Å². The molecule has 4 rings (SSSR count). The van der Waals surface area contributed by atoms with E-state index >= 15 is 0 Å². The maximum absolute atomic E-state index is 13.9.